The number of rotatable bonds is 0. The Morgan fingerprint density at radius 3 is 2.67 bits per heavy atom. The summed E-state index contributed by atoms with van der Waals surface area (Å²) in [5.74, 6) is 0. The molecule has 0 amide bonds. The van der Waals surface area contributed by atoms with Gasteiger partial charge in [-0.05, 0) is 11.6 Å². The van der Waals surface area contributed by atoms with Crippen LogP contribution in [-0.2, 0) is 0 Å². The van der Waals surface area contributed by atoms with Gasteiger partial charge < -0.3 is 5.32 Å². The second-order valence-electron chi connectivity index (χ2n) is 2.37. The quantitative estimate of drug-likeness (QED) is 0.616. The van der Waals surface area contributed by atoms with E-state index >= 15 is 0 Å². The number of nitrogens with one attached hydrogen (secondary N) is 1. The van der Waals surface area contributed by atoms with Crippen LogP contribution in [0.4, 0.5) is 5.69 Å². The predicted octanol–water partition coefficient (Wildman–Crippen LogP) is 3.15. The first-order valence-corrected chi connectivity index (χ1v) is 4.46. The first-order valence-electron chi connectivity index (χ1n) is 4.46. The van der Waals surface area contributed by atoms with E-state index in [2.05, 4.69) is 35.7 Å². The van der Waals surface area contributed by atoms with Crippen molar-refractivity contribution in [1.29, 1.82) is 0 Å². The number of anilines is 1. The zero-order valence-electron chi connectivity index (χ0n) is 7.67. The minimum Gasteiger partial charge on any atom is -0.381 e. The van der Waals surface area contributed by atoms with Crippen LogP contribution in [0.15, 0.2) is 30.3 Å². The molecule has 0 spiro atoms. The summed E-state index contributed by atoms with van der Waals surface area (Å²) in [4.78, 5) is 0. The highest BCUT2D eigenvalue weighted by molar-refractivity contribution is 5.69. The number of para-hydroxylation sites is 1. The van der Waals surface area contributed by atoms with Crippen LogP contribution in [0.25, 0.3) is 6.08 Å². The van der Waals surface area contributed by atoms with Crippen LogP contribution in [0.1, 0.15) is 19.4 Å². The van der Waals surface area contributed by atoms with Crippen molar-refractivity contribution in [2.24, 2.45) is 0 Å². The second kappa shape index (κ2) is 4.60. The maximum atomic E-state index is 3.28. The molecule has 1 heteroatoms. The van der Waals surface area contributed by atoms with Gasteiger partial charge in [0.25, 0.3) is 0 Å². The maximum Gasteiger partial charge on any atom is 0.0416 e. The summed E-state index contributed by atoms with van der Waals surface area (Å²) in [5, 5.41) is 3.28. The summed E-state index contributed by atoms with van der Waals surface area (Å²) in [6.07, 6.45) is 4.27. The van der Waals surface area contributed by atoms with Gasteiger partial charge >= 0.3 is 0 Å². The largest absolute Gasteiger partial charge is 0.381 e. The molecule has 0 fully saturated rings. The van der Waals surface area contributed by atoms with E-state index in [1.165, 1.54) is 11.3 Å². The molecule has 0 aromatic heterocycles. The highest BCUT2D eigenvalue weighted by atomic mass is 14.9. The lowest BCUT2D eigenvalue weighted by atomic mass is 10.1. The van der Waals surface area contributed by atoms with Crippen molar-refractivity contribution in [1.82, 2.24) is 0 Å². The van der Waals surface area contributed by atoms with E-state index in [1.54, 1.807) is 0 Å². The molecule has 0 saturated carbocycles. The number of hydrogen-bond acceptors (Lipinski definition) is 1. The Labute approximate surface area is 74.1 Å². The van der Waals surface area contributed by atoms with E-state index in [-0.39, 0.29) is 0 Å². The van der Waals surface area contributed by atoms with Gasteiger partial charge in [-0.25, -0.2) is 0 Å². The van der Waals surface area contributed by atoms with Crippen molar-refractivity contribution >= 4 is 11.8 Å². The lowest BCUT2D eigenvalue weighted by Gasteiger charge is -2.11. The van der Waals surface area contributed by atoms with Crippen LogP contribution in [0.2, 0.25) is 0 Å². The van der Waals surface area contributed by atoms with Crippen LogP contribution in [0, 0.1) is 0 Å². The van der Waals surface area contributed by atoms with Gasteiger partial charge in [0, 0.05) is 12.2 Å². The Morgan fingerprint density at radius 1 is 1.17 bits per heavy atom. The lowest BCUT2D eigenvalue weighted by Crippen LogP contribution is -2.03. The van der Waals surface area contributed by atoms with Gasteiger partial charge in [-0.2, -0.15) is 0 Å². The topological polar surface area (TPSA) is 12.0 Å². The SMILES string of the molecule is C1=Cc2ccccc2NC1.CC. The summed E-state index contributed by atoms with van der Waals surface area (Å²) < 4.78 is 0. The molecule has 64 valence electrons. The van der Waals surface area contributed by atoms with Gasteiger partial charge in [0.05, 0.1) is 0 Å². The Morgan fingerprint density at radius 2 is 1.92 bits per heavy atom. The number of hydrogen-bond donors (Lipinski definition) is 1. The van der Waals surface area contributed by atoms with Crippen molar-refractivity contribution in [3.05, 3.63) is 35.9 Å². The summed E-state index contributed by atoms with van der Waals surface area (Å²) in [5.41, 5.74) is 2.53. The highest BCUT2D eigenvalue weighted by Gasteiger charge is 1.98. The third-order valence-electron chi connectivity index (χ3n) is 1.67. The number of fused-ring (bicyclic) bond motifs is 1. The average Bonchev–Trinajstić information content (AvgIpc) is 2.21. The van der Waals surface area contributed by atoms with Crippen molar-refractivity contribution in [3.8, 4) is 0 Å². The fraction of sp³-hybridized carbons (Fsp3) is 0.273. The van der Waals surface area contributed by atoms with Crippen LogP contribution >= 0.6 is 0 Å². The van der Waals surface area contributed by atoms with Crippen molar-refractivity contribution in [2.75, 3.05) is 11.9 Å². The van der Waals surface area contributed by atoms with Gasteiger partial charge in [0.2, 0.25) is 0 Å². The molecule has 0 saturated heterocycles. The maximum absolute atomic E-state index is 3.28. The van der Waals surface area contributed by atoms with Gasteiger partial charge in [-0.3, -0.25) is 0 Å². The Bertz CT molecular complexity index is 263. The fourth-order valence-corrected chi connectivity index (χ4v) is 1.16. The Kier molecular flexibility index (Phi) is 3.39. The number of benzene rings is 1. The van der Waals surface area contributed by atoms with E-state index in [0.717, 1.165) is 6.54 Å². The molecular weight excluding hydrogens is 146 g/mol. The second-order valence-corrected chi connectivity index (χ2v) is 2.37. The summed E-state index contributed by atoms with van der Waals surface area (Å²) in [6, 6.07) is 8.30. The first-order chi connectivity index (χ1) is 5.97. The molecule has 0 bridgehead atoms. The monoisotopic (exact) mass is 161 g/mol. The molecule has 1 aromatic rings. The van der Waals surface area contributed by atoms with Gasteiger partial charge in [-0.15, -0.1) is 0 Å². The Balaban J connectivity index is 0.000000336. The average molecular weight is 161 g/mol. The third kappa shape index (κ3) is 1.88. The Hall–Kier alpha value is -1.24. The van der Waals surface area contributed by atoms with Crippen molar-refractivity contribution in [2.45, 2.75) is 13.8 Å². The normalized spacial score (nSPS) is 12.2. The minimum atomic E-state index is 0.955. The standard InChI is InChI=1S/C9H9N.C2H6/c1-2-6-9-8(4-1)5-3-7-10-9;1-2/h1-6,10H,7H2;1-2H3. The van der Waals surface area contributed by atoms with Gasteiger partial charge in [-0.1, -0.05) is 44.2 Å². The smallest absolute Gasteiger partial charge is 0.0416 e. The van der Waals surface area contributed by atoms with Crippen LogP contribution in [0.5, 0.6) is 0 Å². The molecule has 0 atom stereocenters. The molecule has 1 nitrogen and oxygen atoms in total. The van der Waals surface area contributed by atoms with E-state index in [1.807, 2.05) is 19.9 Å². The molecule has 2 rings (SSSR count). The molecular formula is C11H15N. The van der Waals surface area contributed by atoms with E-state index in [4.69, 9.17) is 0 Å². The molecule has 1 heterocycles. The summed E-state index contributed by atoms with van der Waals surface area (Å²) in [6.45, 7) is 4.96. The molecule has 1 aliphatic heterocycles. The van der Waals surface area contributed by atoms with Crippen LogP contribution in [0.3, 0.4) is 0 Å². The fourth-order valence-electron chi connectivity index (χ4n) is 1.16. The first kappa shape index (κ1) is 8.85. The third-order valence-corrected chi connectivity index (χ3v) is 1.67. The van der Waals surface area contributed by atoms with Gasteiger partial charge in [0.1, 0.15) is 0 Å². The molecule has 1 aliphatic rings. The molecule has 12 heavy (non-hydrogen) atoms. The van der Waals surface area contributed by atoms with E-state index < -0.39 is 0 Å². The molecule has 0 aliphatic carbocycles. The predicted molar refractivity (Wildman–Crippen MR) is 55.3 cm³/mol. The van der Waals surface area contributed by atoms with Crippen molar-refractivity contribution in [3.63, 3.8) is 0 Å². The minimum absolute atomic E-state index is 0.955. The van der Waals surface area contributed by atoms with Crippen molar-refractivity contribution < 1.29 is 0 Å². The molecule has 0 radical (unpaired) electrons. The molecule has 1 N–H and O–H groups in total. The zero-order chi connectivity index (χ0) is 8.81. The lowest BCUT2D eigenvalue weighted by molar-refractivity contribution is 1.31. The highest BCUT2D eigenvalue weighted by Crippen LogP contribution is 2.18. The summed E-state index contributed by atoms with van der Waals surface area (Å²) in [7, 11) is 0. The van der Waals surface area contributed by atoms with E-state index in [0.29, 0.717) is 0 Å². The molecule has 1 aromatic carbocycles. The summed E-state index contributed by atoms with van der Waals surface area (Å²) >= 11 is 0. The molecule has 0 unspecified atom stereocenters. The van der Waals surface area contributed by atoms with Gasteiger partial charge in [0.15, 0.2) is 0 Å². The zero-order valence-corrected chi connectivity index (χ0v) is 7.67. The van der Waals surface area contributed by atoms with Crippen LogP contribution < -0.4 is 5.32 Å². The van der Waals surface area contributed by atoms with E-state index in [9.17, 15) is 0 Å². The van der Waals surface area contributed by atoms with Crippen LogP contribution in [-0.4, -0.2) is 6.54 Å².